The number of carboxylic acid groups (broad SMARTS) is 1. The molecule has 0 saturated carbocycles. The molecule has 0 atom stereocenters. The third-order valence-electron chi connectivity index (χ3n) is 4.48. The third-order valence-corrected chi connectivity index (χ3v) is 4.48. The highest BCUT2D eigenvalue weighted by Crippen LogP contribution is 2.17. The highest BCUT2D eigenvalue weighted by molar-refractivity contribution is 5.87. The summed E-state index contributed by atoms with van der Waals surface area (Å²) in [7, 11) is 0. The maximum atomic E-state index is 10.9. The van der Waals surface area contributed by atoms with Crippen molar-refractivity contribution >= 4 is 11.7 Å². The van der Waals surface area contributed by atoms with Crippen molar-refractivity contribution < 1.29 is 9.90 Å². The van der Waals surface area contributed by atoms with Gasteiger partial charge in [-0.2, -0.15) is 0 Å². The van der Waals surface area contributed by atoms with Gasteiger partial charge in [0.25, 0.3) is 0 Å². The molecule has 0 bridgehead atoms. The topological polar surface area (TPSA) is 52.6 Å². The predicted octanol–water partition coefficient (Wildman–Crippen LogP) is 3.98. The van der Waals surface area contributed by atoms with Crippen molar-refractivity contribution in [2.75, 3.05) is 18.4 Å². The fraction of sp³-hybridized carbons (Fsp3) is 0.350. The van der Waals surface area contributed by atoms with Crippen molar-refractivity contribution in [2.24, 2.45) is 0 Å². The molecule has 1 aliphatic rings. The van der Waals surface area contributed by atoms with Crippen molar-refractivity contribution in [3.8, 4) is 0 Å². The summed E-state index contributed by atoms with van der Waals surface area (Å²) in [6.07, 6.45) is 3.98. The average molecular weight is 324 g/mol. The molecule has 0 amide bonds. The monoisotopic (exact) mass is 324 g/mol. The lowest BCUT2D eigenvalue weighted by Gasteiger charge is -2.26. The number of nitrogens with zero attached hydrogens (tertiary/aromatic N) is 1. The Morgan fingerprint density at radius 3 is 2.46 bits per heavy atom. The fourth-order valence-electron chi connectivity index (χ4n) is 3.12. The first-order chi connectivity index (χ1) is 11.7. The van der Waals surface area contributed by atoms with Crippen LogP contribution < -0.4 is 5.32 Å². The summed E-state index contributed by atoms with van der Waals surface area (Å²) in [5.74, 6) is -0.889. The van der Waals surface area contributed by atoms with Gasteiger partial charge < -0.3 is 10.4 Å². The van der Waals surface area contributed by atoms with Gasteiger partial charge in [-0.05, 0) is 61.3 Å². The molecule has 1 fully saturated rings. The Morgan fingerprint density at radius 2 is 1.75 bits per heavy atom. The van der Waals surface area contributed by atoms with E-state index in [4.69, 9.17) is 5.11 Å². The first kappa shape index (κ1) is 16.5. The van der Waals surface area contributed by atoms with E-state index in [2.05, 4.69) is 34.5 Å². The molecule has 0 unspecified atom stereocenters. The molecule has 4 heteroatoms. The number of hydrogen-bond donors (Lipinski definition) is 2. The van der Waals surface area contributed by atoms with E-state index < -0.39 is 5.97 Å². The lowest BCUT2D eigenvalue weighted by molar-refractivity contribution is 0.0697. The van der Waals surface area contributed by atoms with Gasteiger partial charge in [-0.3, -0.25) is 4.90 Å². The molecule has 2 aromatic carbocycles. The van der Waals surface area contributed by atoms with Crippen LogP contribution in [0.25, 0.3) is 0 Å². The maximum Gasteiger partial charge on any atom is 0.335 e. The van der Waals surface area contributed by atoms with Crippen molar-refractivity contribution in [1.82, 2.24) is 4.90 Å². The zero-order chi connectivity index (χ0) is 16.8. The molecule has 2 N–H and O–H groups in total. The summed E-state index contributed by atoms with van der Waals surface area (Å²) < 4.78 is 0. The Hall–Kier alpha value is -2.33. The molecule has 1 aliphatic heterocycles. The molecule has 1 saturated heterocycles. The van der Waals surface area contributed by atoms with E-state index in [1.165, 1.54) is 37.9 Å². The normalized spacial score (nSPS) is 15.2. The van der Waals surface area contributed by atoms with E-state index in [1.807, 2.05) is 12.1 Å². The van der Waals surface area contributed by atoms with Crippen molar-refractivity contribution in [3.05, 3.63) is 65.2 Å². The molecule has 2 aromatic rings. The average Bonchev–Trinajstić information content (AvgIpc) is 2.61. The van der Waals surface area contributed by atoms with Gasteiger partial charge >= 0.3 is 5.97 Å². The first-order valence-electron chi connectivity index (χ1n) is 8.58. The minimum absolute atomic E-state index is 0.322. The Kier molecular flexibility index (Phi) is 5.49. The van der Waals surface area contributed by atoms with Crippen LogP contribution in [0.3, 0.4) is 0 Å². The van der Waals surface area contributed by atoms with Gasteiger partial charge in [-0.1, -0.05) is 30.7 Å². The first-order valence-corrected chi connectivity index (χ1v) is 8.58. The van der Waals surface area contributed by atoms with E-state index in [0.29, 0.717) is 12.1 Å². The molecule has 1 heterocycles. The second-order valence-corrected chi connectivity index (χ2v) is 6.39. The van der Waals surface area contributed by atoms with E-state index in [0.717, 1.165) is 17.8 Å². The fourth-order valence-corrected chi connectivity index (χ4v) is 3.12. The smallest absolute Gasteiger partial charge is 0.335 e. The molecular formula is C20H24N2O2. The number of hydrogen-bond acceptors (Lipinski definition) is 3. The number of piperidine rings is 1. The van der Waals surface area contributed by atoms with Gasteiger partial charge in [0, 0.05) is 18.8 Å². The summed E-state index contributed by atoms with van der Waals surface area (Å²) in [4.78, 5) is 13.4. The molecule has 0 aromatic heterocycles. The van der Waals surface area contributed by atoms with Crippen LogP contribution in [0.1, 0.15) is 40.7 Å². The number of anilines is 1. The quantitative estimate of drug-likeness (QED) is 0.844. The second-order valence-electron chi connectivity index (χ2n) is 6.39. The van der Waals surface area contributed by atoms with Crippen LogP contribution in [0.2, 0.25) is 0 Å². The zero-order valence-corrected chi connectivity index (χ0v) is 13.9. The van der Waals surface area contributed by atoms with Crippen LogP contribution >= 0.6 is 0 Å². The van der Waals surface area contributed by atoms with Gasteiger partial charge in [-0.25, -0.2) is 4.79 Å². The summed E-state index contributed by atoms with van der Waals surface area (Å²) >= 11 is 0. The zero-order valence-electron chi connectivity index (χ0n) is 13.9. The lowest BCUT2D eigenvalue weighted by atomic mass is 10.1. The van der Waals surface area contributed by atoms with Gasteiger partial charge in [0.05, 0.1) is 5.56 Å². The Morgan fingerprint density at radius 1 is 1.00 bits per heavy atom. The van der Waals surface area contributed by atoms with E-state index in [1.54, 1.807) is 12.1 Å². The molecule has 0 aliphatic carbocycles. The SMILES string of the molecule is O=C(O)c1ccc(CNc2cccc(CN3CCCCC3)c2)cc1. The summed E-state index contributed by atoms with van der Waals surface area (Å²) in [5.41, 5.74) is 3.83. The third kappa shape index (κ3) is 4.59. The Labute approximate surface area is 143 Å². The van der Waals surface area contributed by atoms with Crippen LogP contribution in [0.15, 0.2) is 48.5 Å². The number of carbonyl (C=O) groups is 1. The summed E-state index contributed by atoms with van der Waals surface area (Å²) in [6.45, 7) is 4.11. The second kappa shape index (κ2) is 7.97. The number of rotatable bonds is 6. The van der Waals surface area contributed by atoms with Crippen molar-refractivity contribution in [2.45, 2.75) is 32.4 Å². The van der Waals surface area contributed by atoms with Gasteiger partial charge in [0.15, 0.2) is 0 Å². The van der Waals surface area contributed by atoms with Crippen LogP contribution in [0.5, 0.6) is 0 Å². The minimum atomic E-state index is -0.889. The number of aromatic carboxylic acids is 1. The number of carboxylic acids is 1. The molecule has 0 radical (unpaired) electrons. The van der Waals surface area contributed by atoms with Gasteiger partial charge in [-0.15, -0.1) is 0 Å². The Bertz CT molecular complexity index is 676. The number of nitrogens with one attached hydrogen (secondary N) is 1. The maximum absolute atomic E-state index is 10.9. The molecule has 24 heavy (non-hydrogen) atoms. The molecule has 0 spiro atoms. The van der Waals surface area contributed by atoms with Crippen LogP contribution in [-0.2, 0) is 13.1 Å². The molecule has 126 valence electrons. The molecule has 3 rings (SSSR count). The lowest BCUT2D eigenvalue weighted by Crippen LogP contribution is -2.29. The number of benzene rings is 2. The largest absolute Gasteiger partial charge is 0.478 e. The van der Waals surface area contributed by atoms with E-state index in [-0.39, 0.29) is 0 Å². The standard InChI is InChI=1S/C20H24N2O2/c23-20(24)18-9-7-16(8-10-18)14-21-19-6-4-5-17(13-19)15-22-11-2-1-3-12-22/h4-10,13,21H,1-3,11-12,14-15H2,(H,23,24). The highest BCUT2D eigenvalue weighted by atomic mass is 16.4. The van der Waals surface area contributed by atoms with E-state index >= 15 is 0 Å². The summed E-state index contributed by atoms with van der Waals surface area (Å²) in [6, 6.07) is 15.6. The Balaban J connectivity index is 1.56. The molecular weight excluding hydrogens is 300 g/mol. The minimum Gasteiger partial charge on any atom is -0.478 e. The van der Waals surface area contributed by atoms with Crippen LogP contribution in [-0.4, -0.2) is 29.1 Å². The number of likely N-dealkylation sites (tertiary alicyclic amines) is 1. The highest BCUT2D eigenvalue weighted by Gasteiger charge is 2.10. The van der Waals surface area contributed by atoms with Crippen molar-refractivity contribution in [3.63, 3.8) is 0 Å². The van der Waals surface area contributed by atoms with Gasteiger partial charge in [0.1, 0.15) is 0 Å². The molecule has 4 nitrogen and oxygen atoms in total. The van der Waals surface area contributed by atoms with E-state index in [9.17, 15) is 4.79 Å². The van der Waals surface area contributed by atoms with Crippen LogP contribution in [0.4, 0.5) is 5.69 Å². The predicted molar refractivity (Wildman–Crippen MR) is 96.3 cm³/mol. The summed E-state index contributed by atoms with van der Waals surface area (Å²) in [5, 5.41) is 12.4. The van der Waals surface area contributed by atoms with Gasteiger partial charge in [0.2, 0.25) is 0 Å². The van der Waals surface area contributed by atoms with Crippen molar-refractivity contribution in [1.29, 1.82) is 0 Å². The van der Waals surface area contributed by atoms with Crippen LogP contribution in [0, 0.1) is 0 Å².